The van der Waals surface area contributed by atoms with Crippen LogP contribution in [0.25, 0.3) is 0 Å². The number of carbonyl (C=O) groups is 1. The van der Waals surface area contributed by atoms with Crippen molar-refractivity contribution in [2.24, 2.45) is 5.73 Å². The summed E-state index contributed by atoms with van der Waals surface area (Å²) in [6, 6.07) is 3.83. The van der Waals surface area contributed by atoms with Gasteiger partial charge in [0.2, 0.25) is 5.91 Å². The maximum atomic E-state index is 12.1. The summed E-state index contributed by atoms with van der Waals surface area (Å²) in [7, 11) is 1.83. The lowest BCUT2D eigenvalue weighted by molar-refractivity contribution is -0.131. The standard InChI is InChI=1S/C13H19ClN2OS/c1-16(9-10-4-5-11(14)18-10)12(17)8-13(15)6-2-3-7-13/h4-5H,2-3,6-9,15H2,1H3. The summed E-state index contributed by atoms with van der Waals surface area (Å²) >= 11 is 7.39. The summed E-state index contributed by atoms with van der Waals surface area (Å²) < 4.78 is 0.761. The van der Waals surface area contributed by atoms with Crippen molar-refractivity contribution in [2.75, 3.05) is 7.05 Å². The third kappa shape index (κ3) is 3.46. The van der Waals surface area contributed by atoms with Crippen LogP contribution in [0.3, 0.4) is 0 Å². The lowest BCUT2D eigenvalue weighted by atomic mass is 9.94. The molecule has 3 nitrogen and oxygen atoms in total. The first-order chi connectivity index (χ1) is 8.48. The predicted octanol–water partition coefficient (Wildman–Crippen LogP) is 3.02. The molecule has 0 aromatic carbocycles. The monoisotopic (exact) mass is 286 g/mol. The summed E-state index contributed by atoms with van der Waals surface area (Å²) in [6.45, 7) is 0.617. The zero-order chi connectivity index (χ0) is 13.2. The Labute approximate surface area is 117 Å². The second-order valence-electron chi connectivity index (χ2n) is 5.20. The minimum absolute atomic E-state index is 0.129. The molecule has 1 aromatic heterocycles. The molecular formula is C13H19ClN2OS. The van der Waals surface area contributed by atoms with Crippen LogP contribution in [0.1, 0.15) is 37.0 Å². The lowest BCUT2D eigenvalue weighted by Gasteiger charge is -2.26. The third-order valence-electron chi connectivity index (χ3n) is 3.55. The molecule has 0 unspecified atom stereocenters. The highest BCUT2D eigenvalue weighted by atomic mass is 35.5. The first kappa shape index (κ1) is 13.8. The molecule has 1 aliphatic carbocycles. The molecule has 0 radical (unpaired) electrons. The fraction of sp³-hybridized carbons (Fsp3) is 0.615. The quantitative estimate of drug-likeness (QED) is 0.925. The number of thiophene rings is 1. The van der Waals surface area contributed by atoms with Crippen molar-refractivity contribution in [2.45, 2.75) is 44.2 Å². The van der Waals surface area contributed by atoms with E-state index >= 15 is 0 Å². The van der Waals surface area contributed by atoms with E-state index in [2.05, 4.69) is 0 Å². The number of halogens is 1. The van der Waals surface area contributed by atoms with Crippen LogP contribution < -0.4 is 5.73 Å². The van der Waals surface area contributed by atoms with Crippen molar-refractivity contribution in [3.8, 4) is 0 Å². The van der Waals surface area contributed by atoms with Gasteiger partial charge in [-0.25, -0.2) is 0 Å². The molecule has 18 heavy (non-hydrogen) atoms. The SMILES string of the molecule is CN(Cc1ccc(Cl)s1)C(=O)CC1(N)CCCC1. The molecule has 0 spiro atoms. The fourth-order valence-corrected chi connectivity index (χ4v) is 3.59. The zero-order valence-electron chi connectivity index (χ0n) is 10.6. The average molecular weight is 287 g/mol. The predicted molar refractivity (Wildman–Crippen MR) is 75.8 cm³/mol. The number of hydrogen-bond acceptors (Lipinski definition) is 3. The van der Waals surface area contributed by atoms with Crippen molar-refractivity contribution in [1.82, 2.24) is 4.90 Å². The molecule has 1 heterocycles. The van der Waals surface area contributed by atoms with Gasteiger partial charge in [0.25, 0.3) is 0 Å². The maximum Gasteiger partial charge on any atom is 0.224 e. The summed E-state index contributed by atoms with van der Waals surface area (Å²) in [5.41, 5.74) is 5.96. The van der Waals surface area contributed by atoms with E-state index in [1.807, 2.05) is 19.2 Å². The lowest BCUT2D eigenvalue weighted by Crippen LogP contribution is -2.42. The van der Waals surface area contributed by atoms with E-state index in [0.29, 0.717) is 13.0 Å². The number of nitrogens with two attached hydrogens (primary N) is 1. The first-order valence-corrected chi connectivity index (χ1v) is 7.45. The molecule has 1 saturated carbocycles. The smallest absolute Gasteiger partial charge is 0.224 e. The van der Waals surface area contributed by atoms with Crippen LogP contribution in [0.4, 0.5) is 0 Å². The summed E-state index contributed by atoms with van der Waals surface area (Å²) in [4.78, 5) is 15.0. The zero-order valence-corrected chi connectivity index (χ0v) is 12.2. The Morgan fingerprint density at radius 3 is 2.72 bits per heavy atom. The van der Waals surface area contributed by atoms with E-state index in [-0.39, 0.29) is 11.4 Å². The molecule has 1 amide bonds. The van der Waals surface area contributed by atoms with Gasteiger partial charge in [-0.1, -0.05) is 24.4 Å². The number of nitrogens with zero attached hydrogens (tertiary/aromatic N) is 1. The van der Waals surface area contributed by atoms with Crippen LogP contribution >= 0.6 is 22.9 Å². The normalized spacial score (nSPS) is 17.9. The molecule has 5 heteroatoms. The maximum absolute atomic E-state index is 12.1. The molecule has 0 atom stereocenters. The highest BCUT2D eigenvalue weighted by molar-refractivity contribution is 7.16. The van der Waals surface area contributed by atoms with Crippen LogP contribution in [0, 0.1) is 0 Å². The van der Waals surface area contributed by atoms with Crippen molar-refractivity contribution in [3.63, 3.8) is 0 Å². The molecule has 1 fully saturated rings. The highest BCUT2D eigenvalue weighted by Gasteiger charge is 2.32. The Hall–Kier alpha value is -0.580. The number of rotatable bonds is 4. The summed E-state index contributed by atoms with van der Waals surface area (Å²) in [5.74, 6) is 0.129. The van der Waals surface area contributed by atoms with Gasteiger partial charge >= 0.3 is 0 Å². The third-order valence-corrected chi connectivity index (χ3v) is 4.77. The Balaban J connectivity index is 1.88. The van der Waals surface area contributed by atoms with Gasteiger partial charge in [0.1, 0.15) is 0 Å². The van der Waals surface area contributed by atoms with Gasteiger partial charge in [-0.05, 0) is 25.0 Å². The first-order valence-electron chi connectivity index (χ1n) is 6.26. The van der Waals surface area contributed by atoms with Gasteiger partial charge < -0.3 is 10.6 Å². The minimum atomic E-state index is -0.265. The van der Waals surface area contributed by atoms with Gasteiger partial charge in [0.05, 0.1) is 10.9 Å². The van der Waals surface area contributed by atoms with Gasteiger partial charge in [-0.2, -0.15) is 0 Å². The molecule has 1 aromatic rings. The Morgan fingerprint density at radius 1 is 1.50 bits per heavy atom. The molecule has 0 bridgehead atoms. The van der Waals surface area contributed by atoms with Gasteiger partial charge in [-0.3, -0.25) is 4.79 Å². The summed E-state index contributed by atoms with van der Waals surface area (Å²) in [5, 5.41) is 0. The van der Waals surface area contributed by atoms with E-state index in [9.17, 15) is 4.79 Å². The highest BCUT2D eigenvalue weighted by Crippen LogP contribution is 2.30. The minimum Gasteiger partial charge on any atom is -0.341 e. The second-order valence-corrected chi connectivity index (χ2v) is 7.00. The van der Waals surface area contributed by atoms with Crippen LogP contribution in [-0.4, -0.2) is 23.4 Å². The molecule has 0 aliphatic heterocycles. The molecule has 1 aliphatic rings. The van der Waals surface area contributed by atoms with Crippen LogP contribution in [0.15, 0.2) is 12.1 Å². The van der Waals surface area contributed by atoms with Crippen LogP contribution in [0.2, 0.25) is 4.34 Å². The largest absolute Gasteiger partial charge is 0.341 e. The number of hydrogen-bond donors (Lipinski definition) is 1. The Morgan fingerprint density at radius 2 is 2.17 bits per heavy atom. The number of amides is 1. The van der Waals surface area contributed by atoms with Crippen molar-refractivity contribution in [3.05, 3.63) is 21.3 Å². The van der Waals surface area contributed by atoms with Crippen LogP contribution in [-0.2, 0) is 11.3 Å². The van der Waals surface area contributed by atoms with Crippen molar-refractivity contribution < 1.29 is 4.79 Å². The van der Waals surface area contributed by atoms with Gasteiger partial charge in [0, 0.05) is 23.9 Å². The van der Waals surface area contributed by atoms with Crippen LogP contribution in [0.5, 0.6) is 0 Å². The summed E-state index contributed by atoms with van der Waals surface area (Å²) in [6.07, 6.45) is 4.69. The van der Waals surface area contributed by atoms with Crippen molar-refractivity contribution in [1.29, 1.82) is 0 Å². The molecule has 2 N–H and O–H groups in total. The van der Waals surface area contributed by atoms with E-state index in [1.54, 1.807) is 4.90 Å². The number of carbonyl (C=O) groups excluding carboxylic acids is 1. The van der Waals surface area contributed by atoms with Gasteiger partial charge in [-0.15, -0.1) is 11.3 Å². The molecule has 100 valence electrons. The van der Waals surface area contributed by atoms with E-state index in [0.717, 1.165) is 34.9 Å². The molecular weight excluding hydrogens is 268 g/mol. The Kier molecular flexibility index (Phi) is 4.30. The van der Waals surface area contributed by atoms with E-state index in [4.69, 9.17) is 17.3 Å². The van der Waals surface area contributed by atoms with Crippen molar-refractivity contribution >= 4 is 28.8 Å². The topological polar surface area (TPSA) is 46.3 Å². The molecule has 2 rings (SSSR count). The molecule has 0 saturated heterocycles. The van der Waals surface area contributed by atoms with E-state index < -0.39 is 0 Å². The van der Waals surface area contributed by atoms with Gasteiger partial charge in [0.15, 0.2) is 0 Å². The second kappa shape index (κ2) is 5.59. The Bertz CT molecular complexity index is 426. The fourth-order valence-electron chi connectivity index (χ4n) is 2.45. The van der Waals surface area contributed by atoms with E-state index in [1.165, 1.54) is 11.3 Å². The average Bonchev–Trinajstić information content (AvgIpc) is 2.88.